The number of nitrogen functional groups attached to an aromatic ring is 1. The maximum atomic E-state index is 5.41. The fraction of sp³-hybridized carbons (Fsp3) is 0.250. The van der Waals surface area contributed by atoms with Gasteiger partial charge < -0.3 is 5.73 Å². The minimum atomic E-state index is 0.160. The molecule has 0 saturated heterocycles. The molecule has 9 heavy (non-hydrogen) atoms. The highest BCUT2D eigenvalue weighted by Gasteiger charge is 1.91. The molecule has 0 fully saturated rings. The van der Waals surface area contributed by atoms with E-state index in [9.17, 15) is 0 Å². The fourth-order valence-corrected chi connectivity index (χ4v) is 0.546. The second-order valence-electron chi connectivity index (χ2n) is 1.44. The van der Waals surface area contributed by atoms with Crippen molar-refractivity contribution < 1.29 is 0 Å². The molecule has 0 radical (unpaired) electrons. The monoisotopic (exact) mass is 144 g/mol. The van der Waals surface area contributed by atoms with Crippen molar-refractivity contribution in [3.8, 4) is 0 Å². The zero-order chi connectivity index (χ0) is 6.69. The van der Waals surface area contributed by atoms with Gasteiger partial charge in [-0.25, -0.2) is 4.98 Å². The van der Waals surface area contributed by atoms with Crippen LogP contribution in [0.4, 0.5) is 5.95 Å². The third kappa shape index (κ3) is 1.50. The van der Waals surface area contributed by atoms with Crippen LogP contribution in [0.1, 0.15) is 5.69 Å². The molecular formula is C4H5ClN4. The van der Waals surface area contributed by atoms with Gasteiger partial charge in [0.25, 0.3) is 0 Å². The highest BCUT2D eigenvalue weighted by atomic mass is 35.5. The predicted molar refractivity (Wildman–Crippen MR) is 33.8 cm³/mol. The zero-order valence-electron chi connectivity index (χ0n) is 4.58. The van der Waals surface area contributed by atoms with E-state index in [1.165, 1.54) is 6.20 Å². The molecule has 0 spiro atoms. The molecule has 0 saturated carbocycles. The molecule has 0 aliphatic rings. The third-order valence-electron chi connectivity index (χ3n) is 0.762. The van der Waals surface area contributed by atoms with Gasteiger partial charge in [-0.2, -0.15) is 5.10 Å². The van der Waals surface area contributed by atoms with Crippen LogP contribution in [0.3, 0.4) is 0 Å². The van der Waals surface area contributed by atoms with Gasteiger partial charge in [-0.3, -0.25) is 0 Å². The van der Waals surface area contributed by atoms with Crippen LogP contribution in [0.15, 0.2) is 6.20 Å². The van der Waals surface area contributed by atoms with Gasteiger partial charge in [-0.15, -0.1) is 16.7 Å². The average molecular weight is 145 g/mol. The molecule has 0 unspecified atom stereocenters. The van der Waals surface area contributed by atoms with Gasteiger partial charge >= 0.3 is 0 Å². The van der Waals surface area contributed by atoms with Crippen molar-refractivity contribution in [3.05, 3.63) is 11.9 Å². The Bertz CT molecular complexity index is 202. The lowest BCUT2D eigenvalue weighted by atomic mass is 10.5. The molecule has 4 nitrogen and oxygen atoms in total. The van der Waals surface area contributed by atoms with Crippen LogP contribution in [0.5, 0.6) is 0 Å². The first kappa shape index (κ1) is 6.22. The lowest BCUT2D eigenvalue weighted by Gasteiger charge is -1.91. The Morgan fingerprint density at radius 1 is 1.67 bits per heavy atom. The Hall–Kier alpha value is -0.900. The topological polar surface area (TPSA) is 64.7 Å². The minimum absolute atomic E-state index is 0.160. The summed E-state index contributed by atoms with van der Waals surface area (Å²) in [5.74, 6) is 0.479. The summed E-state index contributed by atoms with van der Waals surface area (Å²) < 4.78 is 0. The van der Waals surface area contributed by atoms with E-state index in [0.29, 0.717) is 11.6 Å². The molecule has 0 atom stereocenters. The first-order valence-electron chi connectivity index (χ1n) is 2.33. The van der Waals surface area contributed by atoms with Crippen LogP contribution in [-0.2, 0) is 5.88 Å². The largest absolute Gasteiger partial charge is 0.366 e. The van der Waals surface area contributed by atoms with Crippen LogP contribution in [0.25, 0.3) is 0 Å². The molecule has 1 aromatic rings. The molecule has 0 aliphatic carbocycles. The molecule has 1 heterocycles. The number of alkyl halides is 1. The van der Waals surface area contributed by atoms with E-state index in [0.717, 1.165) is 0 Å². The van der Waals surface area contributed by atoms with Gasteiger partial charge in [-0.1, -0.05) is 0 Å². The number of hydrogen-bond donors (Lipinski definition) is 1. The second-order valence-corrected chi connectivity index (χ2v) is 1.71. The number of nitrogens with two attached hydrogens (primary N) is 1. The van der Waals surface area contributed by atoms with E-state index in [2.05, 4.69) is 15.2 Å². The Morgan fingerprint density at radius 2 is 2.44 bits per heavy atom. The standard InChI is InChI=1S/C4H5ClN4/c5-1-3-2-7-9-4(6)8-3/h2H,1H2,(H2,6,8,9). The number of rotatable bonds is 1. The number of nitrogens with zero attached hydrogens (tertiary/aromatic N) is 3. The van der Waals surface area contributed by atoms with Crippen LogP contribution in [0, 0.1) is 0 Å². The van der Waals surface area contributed by atoms with Crippen LogP contribution in [0.2, 0.25) is 0 Å². The molecule has 0 aromatic carbocycles. The molecular weight excluding hydrogens is 140 g/mol. The minimum Gasteiger partial charge on any atom is -0.366 e. The van der Waals surface area contributed by atoms with E-state index in [1.54, 1.807) is 0 Å². The number of hydrogen-bond acceptors (Lipinski definition) is 4. The van der Waals surface area contributed by atoms with E-state index >= 15 is 0 Å². The van der Waals surface area contributed by atoms with Gasteiger partial charge in [0.05, 0.1) is 17.8 Å². The zero-order valence-corrected chi connectivity index (χ0v) is 5.34. The van der Waals surface area contributed by atoms with Gasteiger partial charge in [-0.05, 0) is 0 Å². The molecule has 2 N–H and O–H groups in total. The van der Waals surface area contributed by atoms with E-state index < -0.39 is 0 Å². The van der Waals surface area contributed by atoms with Gasteiger partial charge in [0.15, 0.2) is 0 Å². The summed E-state index contributed by atoms with van der Waals surface area (Å²) in [5.41, 5.74) is 5.83. The summed E-state index contributed by atoms with van der Waals surface area (Å²) in [6.45, 7) is 0. The third-order valence-corrected chi connectivity index (χ3v) is 1.04. The molecule has 0 bridgehead atoms. The first-order chi connectivity index (χ1) is 4.33. The van der Waals surface area contributed by atoms with E-state index in [4.69, 9.17) is 17.3 Å². The summed E-state index contributed by atoms with van der Waals surface area (Å²) in [6, 6.07) is 0. The van der Waals surface area contributed by atoms with Crippen molar-refractivity contribution in [1.82, 2.24) is 15.2 Å². The van der Waals surface area contributed by atoms with Gasteiger partial charge in [0.2, 0.25) is 5.95 Å². The summed E-state index contributed by atoms with van der Waals surface area (Å²) >= 11 is 5.41. The second kappa shape index (κ2) is 2.59. The molecule has 48 valence electrons. The predicted octanol–water partition coefficient (Wildman–Crippen LogP) is 0.193. The Kier molecular flexibility index (Phi) is 1.79. The van der Waals surface area contributed by atoms with Gasteiger partial charge in [0, 0.05) is 0 Å². The summed E-state index contributed by atoms with van der Waals surface area (Å²) in [6.07, 6.45) is 1.48. The normalized spacial score (nSPS) is 9.44. The molecule has 1 rings (SSSR count). The smallest absolute Gasteiger partial charge is 0.240 e. The van der Waals surface area contributed by atoms with Crippen molar-refractivity contribution in [1.29, 1.82) is 0 Å². The molecule has 0 aliphatic heterocycles. The highest BCUT2D eigenvalue weighted by molar-refractivity contribution is 6.16. The van der Waals surface area contributed by atoms with Crippen molar-refractivity contribution in [2.24, 2.45) is 0 Å². The summed E-state index contributed by atoms with van der Waals surface area (Å²) in [7, 11) is 0. The molecule has 0 amide bonds. The highest BCUT2D eigenvalue weighted by Crippen LogP contribution is 1.96. The first-order valence-corrected chi connectivity index (χ1v) is 2.86. The fourth-order valence-electron chi connectivity index (χ4n) is 0.417. The SMILES string of the molecule is Nc1nncc(CCl)n1. The maximum absolute atomic E-state index is 5.41. The van der Waals surface area contributed by atoms with Gasteiger partial charge in [0.1, 0.15) is 0 Å². The lowest BCUT2D eigenvalue weighted by Crippen LogP contribution is -1.98. The Morgan fingerprint density at radius 3 is 2.89 bits per heavy atom. The van der Waals surface area contributed by atoms with Crippen LogP contribution < -0.4 is 5.73 Å². The number of anilines is 1. The molecule has 1 aromatic heterocycles. The molecule has 5 heteroatoms. The summed E-state index contributed by atoms with van der Waals surface area (Å²) in [4.78, 5) is 3.76. The van der Waals surface area contributed by atoms with Crippen molar-refractivity contribution >= 4 is 17.5 Å². The van der Waals surface area contributed by atoms with Crippen molar-refractivity contribution in [3.63, 3.8) is 0 Å². The number of halogens is 1. The maximum Gasteiger partial charge on any atom is 0.240 e. The van der Waals surface area contributed by atoms with Crippen molar-refractivity contribution in [2.45, 2.75) is 5.88 Å². The van der Waals surface area contributed by atoms with Crippen molar-refractivity contribution in [2.75, 3.05) is 5.73 Å². The Balaban J connectivity index is 2.94. The van der Waals surface area contributed by atoms with E-state index in [1.807, 2.05) is 0 Å². The number of aromatic nitrogens is 3. The summed E-state index contributed by atoms with van der Waals surface area (Å²) in [5, 5.41) is 6.98. The quantitative estimate of drug-likeness (QED) is 0.572. The van der Waals surface area contributed by atoms with E-state index in [-0.39, 0.29) is 5.95 Å². The van der Waals surface area contributed by atoms with Crippen LogP contribution in [-0.4, -0.2) is 15.2 Å². The lowest BCUT2D eigenvalue weighted by molar-refractivity contribution is 0.948. The van der Waals surface area contributed by atoms with Crippen LogP contribution >= 0.6 is 11.6 Å². The Labute approximate surface area is 57.1 Å². The average Bonchev–Trinajstić information content (AvgIpc) is 1.88.